The van der Waals surface area contributed by atoms with E-state index in [2.05, 4.69) is 10.0 Å². The van der Waals surface area contributed by atoms with Gasteiger partial charge in [0, 0.05) is 5.69 Å². The predicted octanol–water partition coefficient (Wildman–Crippen LogP) is 2.06. The van der Waals surface area contributed by atoms with Crippen molar-refractivity contribution in [1.29, 1.82) is 0 Å². The SMILES string of the molecule is COc1ccc(C)cc1S(=O)(=O)NCC(=O)Nc1cccc(F)c1. The number of rotatable bonds is 6. The Bertz CT molecular complexity index is 853. The van der Waals surface area contributed by atoms with Crippen LogP contribution in [0, 0.1) is 12.7 Å². The van der Waals surface area contributed by atoms with Gasteiger partial charge >= 0.3 is 0 Å². The van der Waals surface area contributed by atoms with E-state index < -0.39 is 28.3 Å². The number of hydrogen-bond acceptors (Lipinski definition) is 4. The van der Waals surface area contributed by atoms with Gasteiger partial charge < -0.3 is 10.1 Å². The molecule has 0 heterocycles. The number of benzene rings is 2. The molecule has 2 N–H and O–H groups in total. The Hall–Kier alpha value is -2.45. The number of amides is 1. The number of halogens is 1. The highest BCUT2D eigenvalue weighted by atomic mass is 32.2. The fourth-order valence-electron chi connectivity index (χ4n) is 2.00. The van der Waals surface area contributed by atoms with Gasteiger partial charge in [-0.15, -0.1) is 0 Å². The molecule has 2 aromatic rings. The Balaban J connectivity index is 2.07. The number of ether oxygens (including phenoxy) is 1. The van der Waals surface area contributed by atoms with Crippen LogP contribution in [0.4, 0.5) is 10.1 Å². The summed E-state index contributed by atoms with van der Waals surface area (Å²) in [6, 6.07) is 10.0. The summed E-state index contributed by atoms with van der Waals surface area (Å²) >= 11 is 0. The van der Waals surface area contributed by atoms with Gasteiger partial charge in [0.2, 0.25) is 15.9 Å². The van der Waals surface area contributed by atoms with Gasteiger partial charge in [-0.2, -0.15) is 0 Å². The second-order valence-electron chi connectivity index (χ2n) is 5.04. The molecule has 0 aromatic heterocycles. The molecule has 2 aromatic carbocycles. The van der Waals surface area contributed by atoms with Gasteiger partial charge in [-0.05, 0) is 42.8 Å². The fraction of sp³-hybridized carbons (Fsp3) is 0.188. The molecule has 6 nitrogen and oxygen atoms in total. The van der Waals surface area contributed by atoms with Crippen LogP contribution in [0.1, 0.15) is 5.56 Å². The van der Waals surface area contributed by atoms with Crippen molar-refractivity contribution < 1.29 is 22.3 Å². The molecule has 1 amide bonds. The van der Waals surface area contributed by atoms with E-state index in [0.717, 1.165) is 11.6 Å². The van der Waals surface area contributed by atoms with Crippen LogP contribution in [0.3, 0.4) is 0 Å². The number of carbonyl (C=O) groups is 1. The fourth-order valence-corrected chi connectivity index (χ4v) is 3.24. The molecule has 2 rings (SSSR count). The predicted molar refractivity (Wildman–Crippen MR) is 87.9 cm³/mol. The zero-order valence-corrected chi connectivity index (χ0v) is 14.0. The lowest BCUT2D eigenvalue weighted by molar-refractivity contribution is -0.115. The van der Waals surface area contributed by atoms with Gasteiger partial charge in [-0.25, -0.2) is 17.5 Å². The Labute approximate surface area is 139 Å². The third kappa shape index (κ3) is 4.53. The minimum absolute atomic E-state index is 0.0523. The van der Waals surface area contributed by atoms with Crippen molar-refractivity contribution in [3.05, 3.63) is 53.8 Å². The largest absolute Gasteiger partial charge is 0.495 e. The molecule has 0 saturated heterocycles. The molecule has 0 aliphatic carbocycles. The molecule has 0 unspecified atom stereocenters. The van der Waals surface area contributed by atoms with Crippen molar-refractivity contribution in [2.24, 2.45) is 0 Å². The summed E-state index contributed by atoms with van der Waals surface area (Å²) in [7, 11) is -2.57. The Kier molecular flexibility index (Phi) is 5.53. The summed E-state index contributed by atoms with van der Waals surface area (Å²) in [6.45, 7) is 1.26. The molecule has 0 radical (unpaired) electrons. The van der Waals surface area contributed by atoms with E-state index in [1.54, 1.807) is 13.0 Å². The van der Waals surface area contributed by atoms with E-state index in [1.165, 1.54) is 37.4 Å². The average molecular weight is 352 g/mol. The highest BCUT2D eigenvalue weighted by Gasteiger charge is 2.20. The van der Waals surface area contributed by atoms with Gasteiger partial charge in [0.15, 0.2) is 0 Å². The minimum Gasteiger partial charge on any atom is -0.495 e. The molecular formula is C16H17FN2O4S. The minimum atomic E-state index is -3.93. The van der Waals surface area contributed by atoms with Gasteiger partial charge in [-0.3, -0.25) is 4.79 Å². The summed E-state index contributed by atoms with van der Waals surface area (Å²) in [4.78, 5) is 11.8. The normalized spacial score (nSPS) is 11.1. The number of methoxy groups -OCH3 is 1. The molecule has 0 bridgehead atoms. The smallest absolute Gasteiger partial charge is 0.244 e. The second-order valence-corrected chi connectivity index (χ2v) is 6.77. The van der Waals surface area contributed by atoms with Crippen LogP contribution in [0.15, 0.2) is 47.4 Å². The van der Waals surface area contributed by atoms with Crippen molar-refractivity contribution in [3.63, 3.8) is 0 Å². The number of hydrogen-bond donors (Lipinski definition) is 2. The van der Waals surface area contributed by atoms with Gasteiger partial charge in [-0.1, -0.05) is 12.1 Å². The zero-order valence-electron chi connectivity index (χ0n) is 13.2. The summed E-state index contributed by atoms with van der Waals surface area (Å²) < 4.78 is 45.0. The van der Waals surface area contributed by atoms with E-state index in [-0.39, 0.29) is 16.3 Å². The lowest BCUT2D eigenvalue weighted by Gasteiger charge is -2.11. The van der Waals surface area contributed by atoms with Gasteiger partial charge in [0.05, 0.1) is 13.7 Å². The Morgan fingerprint density at radius 1 is 1.21 bits per heavy atom. The maximum atomic E-state index is 13.1. The van der Waals surface area contributed by atoms with Crippen LogP contribution in [0.5, 0.6) is 5.75 Å². The van der Waals surface area contributed by atoms with Crippen molar-refractivity contribution in [1.82, 2.24) is 4.72 Å². The number of carbonyl (C=O) groups excluding carboxylic acids is 1. The van der Waals surface area contributed by atoms with Crippen molar-refractivity contribution in [3.8, 4) is 5.75 Å². The Morgan fingerprint density at radius 2 is 1.96 bits per heavy atom. The van der Waals surface area contributed by atoms with Crippen LogP contribution >= 0.6 is 0 Å². The first-order valence-electron chi connectivity index (χ1n) is 7.01. The summed E-state index contributed by atoms with van der Waals surface area (Å²) in [5.74, 6) is -0.938. The van der Waals surface area contributed by atoms with E-state index in [0.29, 0.717) is 0 Å². The van der Waals surface area contributed by atoms with E-state index >= 15 is 0 Å². The van der Waals surface area contributed by atoms with Crippen LogP contribution in [0.2, 0.25) is 0 Å². The Morgan fingerprint density at radius 3 is 2.62 bits per heavy atom. The molecule has 0 atom stereocenters. The van der Waals surface area contributed by atoms with E-state index in [1.807, 2.05) is 0 Å². The van der Waals surface area contributed by atoms with Crippen LogP contribution < -0.4 is 14.8 Å². The first kappa shape index (κ1) is 17.9. The van der Waals surface area contributed by atoms with Crippen LogP contribution in [0.25, 0.3) is 0 Å². The molecule has 0 saturated carbocycles. The molecule has 0 fully saturated rings. The first-order chi connectivity index (χ1) is 11.3. The number of anilines is 1. The lowest BCUT2D eigenvalue weighted by atomic mass is 10.2. The molecule has 0 aliphatic rings. The summed E-state index contributed by atoms with van der Waals surface area (Å²) in [5.41, 5.74) is 0.979. The third-order valence-corrected chi connectivity index (χ3v) is 4.56. The number of sulfonamides is 1. The van der Waals surface area contributed by atoms with Gasteiger partial charge in [0.1, 0.15) is 16.5 Å². The van der Waals surface area contributed by atoms with Crippen molar-refractivity contribution in [2.75, 3.05) is 19.0 Å². The maximum absolute atomic E-state index is 13.1. The first-order valence-corrected chi connectivity index (χ1v) is 8.50. The van der Waals surface area contributed by atoms with E-state index in [9.17, 15) is 17.6 Å². The summed E-state index contributed by atoms with van der Waals surface area (Å²) in [5, 5.41) is 2.41. The molecule has 8 heteroatoms. The standard InChI is InChI=1S/C16H17FN2O4S/c1-11-6-7-14(23-2)15(8-11)24(21,22)18-10-16(20)19-13-5-3-4-12(17)9-13/h3-9,18H,10H2,1-2H3,(H,19,20). The topological polar surface area (TPSA) is 84.5 Å². The highest BCUT2D eigenvalue weighted by Crippen LogP contribution is 2.24. The summed E-state index contributed by atoms with van der Waals surface area (Å²) in [6.07, 6.45) is 0. The average Bonchev–Trinajstić information content (AvgIpc) is 2.53. The number of aryl methyl sites for hydroxylation is 1. The van der Waals surface area contributed by atoms with Crippen molar-refractivity contribution in [2.45, 2.75) is 11.8 Å². The van der Waals surface area contributed by atoms with E-state index in [4.69, 9.17) is 4.74 Å². The molecule has 0 aliphatic heterocycles. The lowest BCUT2D eigenvalue weighted by Crippen LogP contribution is -2.33. The third-order valence-electron chi connectivity index (χ3n) is 3.14. The van der Waals surface area contributed by atoms with Gasteiger partial charge in [0.25, 0.3) is 0 Å². The number of nitrogens with one attached hydrogen (secondary N) is 2. The van der Waals surface area contributed by atoms with Crippen LogP contribution in [-0.4, -0.2) is 28.0 Å². The highest BCUT2D eigenvalue weighted by molar-refractivity contribution is 7.89. The quantitative estimate of drug-likeness (QED) is 0.833. The van der Waals surface area contributed by atoms with Crippen molar-refractivity contribution >= 4 is 21.6 Å². The zero-order chi connectivity index (χ0) is 17.7. The monoisotopic (exact) mass is 352 g/mol. The molecular weight excluding hydrogens is 335 g/mol. The molecule has 128 valence electrons. The maximum Gasteiger partial charge on any atom is 0.244 e. The molecule has 24 heavy (non-hydrogen) atoms. The van der Waals surface area contributed by atoms with Crippen LogP contribution in [-0.2, 0) is 14.8 Å². The second kappa shape index (κ2) is 7.41. The molecule has 0 spiro atoms.